The molecule has 34 heavy (non-hydrogen) atoms. The number of aromatic amines is 1. The number of ether oxygens (including phenoxy) is 1. The van der Waals surface area contributed by atoms with E-state index in [0.29, 0.717) is 60.4 Å². The van der Waals surface area contributed by atoms with Crippen LogP contribution in [-0.4, -0.2) is 48.1 Å². The lowest BCUT2D eigenvalue weighted by Crippen LogP contribution is -2.38. The second-order valence-corrected chi connectivity index (χ2v) is 8.00. The molecule has 0 aliphatic carbocycles. The van der Waals surface area contributed by atoms with Crippen molar-refractivity contribution in [2.75, 3.05) is 41.8 Å². The molecule has 2 heterocycles. The number of nitrogens with zero attached hydrogens (tertiary/aromatic N) is 2. The third kappa shape index (κ3) is 5.87. The first-order valence-corrected chi connectivity index (χ1v) is 11.2. The fourth-order valence-electron chi connectivity index (χ4n) is 3.74. The first kappa shape index (κ1) is 23.2. The van der Waals surface area contributed by atoms with E-state index < -0.39 is 0 Å². The van der Waals surface area contributed by atoms with Crippen LogP contribution in [0.4, 0.5) is 17.3 Å². The van der Waals surface area contributed by atoms with Crippen LogP contribution >= 0.6 is 0 Å². The lowest BCUT2D eigenvalue weighted by atomic mass is 10.1. The normalized spacial score (nSPS) is 13.4. The Morgan fingerprint density at radius 2 is 1.74 bits per heavy atom. The van der Waals surface area contributed by atoms with E-state index in [4.69, 9.17) is 4.74 Å². The van der Waals surface area contributed by atoms with Crippen LogP contribution in [0.3, 0.4) is 0 Å². The molecule has 3 N–H and O–H groups in total. The molecular weight excluding hydrogens is 434 g/mol. The van der Waals surface area contributed by atoms with Gasteiger partial charge < -0.3 is 20.3 Å². The van der Waals surface area contributed by atoms with E-state index in [9.17, 15) is 14.4 Å². The smallest absolute Gasteiger partial charge is 0.255 e. The number of amides is 2. The number of rotatable bonds is 7. The van der Waals surface area contributed by atoms with Gasteiger partial charge in [0.05, 0.1) is 13.2 Å². The molecule has 0 spiro atoms. The predicted octanol–water partition coefficient (Wildman–Crippen LogP) is 2.74. The summed E-state index contributed by atoms with van der Waals surface area (Å²) in [6.07, 6.45) is 0.400. The summed E-state index contributed by atoms with van der Waals surface area (Å²) in [4.78, 5) is 46.8. The molecule has 0 saturated carbocycles. The minimum atomic E-state index is -0.234. The van der Waals surface area contributed by atoms with Crippen LogP contribution in [0.15, 0.2) is 59.4 Å². The van der Waals surface area contributed by atoms with Gasteiger partial charge in [0.2, 0.25) is 11.9 Å². The summed E-state index contributed by atoms with van der Waals surface area (Å²) < 4.78 is 5.34. The summed E-state index contributed by atoms with van der Waals surface area (Å²) in [6, 6.07) is 15.8. The van der Waals surface area contributed by atoms with Crippen LogP contribution in [-0.2, 0) is 16.0 Å². The number of hydrogen-bond donors (Lipinski definition) is 3. The minimum absolute atomic E-state index is 0.128. The topological polar surface area (TPSA) is 116 Å². The van der Waals surface area contributed by atoms with E-state index in [1.165, 1.54) is 0 Å². The molecule has 9 nitrogen and oxygen atoms in total. The van der Waals surface area contributed by atoms with Gasteiger partial charge in [0.15, 0.2) is 0 Å². The largest absolute Gasteiger partial charge is 0.378 e. The number of hydrogen-bond acceptors (Lipinski definition) is 6. The van der Waals surface area contributed by atoms with Gasteiger partial charge in [-0.1, -0.05) is 24.3 Å². The van der Waals surface area contributed by atoms with E-state index in [2.05, 4.69) is 20.6 Å². The van der Waals surface area contributed by atoms with Gasteiger partial charge in [-0.05, 0) is 43.7 Å². The number of carbonyl (C=O) groups is 2. The van der Waals surface area contributed by atoms with Crippen molar-refractivity contribution in [3.8, 4) is 0 Å². The highest BCUT2D eigenvalue weighted by atomic mass is 16.5. The van der Waals surface area contributed by atoms with Gasteiger partial charge in [-0.3, -0.25) is 19.4 Å². The fourth-order valence-corrected chi connectivity index (χ4v) is 3.74. The van der Waals surface area contributed by atoms with Crippen molar-refractivity contribution >= 4 is 29.1 Å². The number of benzene rings is 2. The summed E-state index contributed by atoms with van der Waals surface area (Å²) >= 11 is 0. The molecule has 2 amide bonds. The van der Waals surface area contributed by atoms with E-state index in [1.807, 2.05) is 11.0 Å². The van der Waals surface area contributed by atoms with Gasteiger partial charge in [-0.25, -0.2) is 4.98 Å². The van der Waals surface area contributed by atoms with Crippen LogP contribution in [0, 0.1) is 6.92 Å². The van der Waals surface area contributed by atoms with Gasteiger partial charge in [-0.2, -0.15) is 0 Å². The van der Waals surface area contributed by atoms with Crippen molar-refractivity contribution < 1.29 is 14.3 Å². The molecule has 1 aliphatic rings. The molecule has 0 atom stereocenters. The molecule has 0 radical (unpaired) electrons. The number of nitrogens with one attached hydrogen (secondary N) is 3. The third-order valence-electron chi connectivity index (χ3n) is 5.56. The summed E-state index contributed by atoms with van der Waals surface area (Å²) in [5.74, 6) is 0.0720. The second kappa shape index (κ2) is 10.8. The molecule has 4 rings (SSSR count). The number of aryl methyl sites for hydroxylation is 1. The minimum Gasteiger partial charge on any atom is -0.378 e. The van der Waals surface area contributed by atoms with E-state index in [1.54, 1.807) is 55.5 Å². The zero-order valence-electron chi connectivity index (χ0n) is 19.0. The van der Waals surface area contributed by atoms with Gasteiger partial charge in [0, 0.05) is 47.7 Å². The van der Waals surface area contributed by atoms with E-state index in [0.717, 1.165) is 0 Å². The number of morpholine rings is 1. The SMILES string of the molecule is Cc1nc(N2CCOCC2)[nH]c(=O)c1CCC(=O)Nc1cccc(NC(=O)c2ccccc2)c1. The highest BCUT2D eigenvalue weighted by Gasteiger charge is 2.17. The maximum atomic E-state index is 12.6. The average molecular weight is 462 g/mol. The van der Waals surface area contributed by atoms with Crippen LogP contribution in [0.1, 0.15) is 28.0 Å². The second-order valence-electron chi connectivity index (χ2n) is 8.00. The Bertz CT molecular complexity index is 1220. The number of H-pyrrole nitrogens is 1. The van der Waals surface area contributed by atoms with Crippen molar-refractivity contribution in [2.24, 2.45) is 0 Å². The third-order valence-corrected chi connectivity index (χ3v) is 5.56. The zero-order chi connectivity index (χ0) is 23.9. The first-order chi connectivity index (χ1) is 16.5. The van der Waals surface area contributed by atoms with E-state index >= 15 is 0 Å². The quantitative estimate of drug-likeness (QED) is 0.498. The monoisotopic (exact) mass is 461 g/mol. The Balaban J connectivity index is 1.35. The summed E-state index contributed by atoms with van der Waals surface area (Å²) in [5.41, 5.74) is 2.56. The molecule has 3 aromatic rings. The Morgan fingerprint density at radius 3 is 2.44 bits per heavy atom. The molecule has 9 heteroatoms. The number of carbonyl (C=O) groups excluding carboxylic acids is 2. The maximum Gasteiger partial charge on any atom is 0.255 e. The van der Waals surface area contributed by atoms with Crippen molar-refractivity contribution in [3.63, 3.8) is 0 Å². The summed E-state index contributed by atoms with van der Waals surface area (Å²) in [6.45, 7) is 4.33. The molecule has 1 saturated heterocycles. The van der Waals surface area contributed by atoms with Crippen molar-refractivity contribution in [1.29, 1.82) is 0 Å². The van der Waals surface area contributed by atoms with Gasteiger partial charge in [0.25, 0.3) is 11.5 Å². The Kier molecular flexibility index (Phi) is 7.34. The summed E-state index contributed by atoms with van der Waals surface area (Å²) in [7, 11) is 0. The fraction of sp³-hybridized carbons (Fsp3) is 0.280. The Morgan fingerprint density at radius 1 is 1.03 bits per heavy atom. The zero-order valence-corrected chi connectivity index (χ0v) is 19.0. The van der Waals surface area contributed by atoms with Crippen LogP contribution < -0.4 is 21.1 Å². The first-order valence-electron chi connectivity index (χ1n) is 11.2. The molecule has 1 aromatic heterocycles. The van der Waals surface area contributed by atoms with Crippen LogP contribution in [0.2, 0.25) is 0 Å². The van der Waals surface area contributed by atoms with Crippen molar-refractivity contribution in [2.45, 2.75) is 19.8 Å². The molecule has 176 valence electrons. The lowest BCUT2D eigenvalue weighted by Gasteiger charge is -2.27. The van der Waals surface area contributed by atoms with Crippen LogP contribution in [0.5, 0.6) is 0 Å². The molecule has 1 aliphatic heterocycles. The maximum absolute atomic E-state index is 12.6. The highest BCUT2D eigenvalue weighted by molar-refractivity contribution is 6.04. The van der Waals surface area contributed by atoms with E-state index in [-0.39, 0.29) is 30.2 Å². The summed E-state index contributed by atoms with van der Waals surface area (Å²) in [5, 5.41) is 5.64. The van der Waals surface area contributed by atoms with Crippen molar-refractivity contribution in [1.82, 2.24) is 9.97 Å². The molecular formula is C25H27N5O4. The van der Waals surface area contributed by atoms with Gasteiger partial charge in [-0.15, -0.1) is 0 Å². The van der Waals surface area contributed by atoms with Crippen LogP contribution in [0.25, 0.3) is 0 Å². The van der Waals surface area contributed by atoms with Gasteiger partial charge in [0.1, 0.15) is 0 Å². The molecule has 1 fully saturated rings. The number of anilines is 3. The highest BCUT2D eigenvalue weighted by Crippen LogP contribution is 2.17. The predicted molar refractivity (Wildman–Crippen MR) is 130 cm³/mol. The lowest BCUT2D eigenvalue weighted by molar-refractivity contribution is -0.116. The average Bonchev–Trinajstić information content (AvgIpc) is 2.84. The molecule has 0 bridgehead atoms. The Hall–Kier alpha value is -3.98. The Labute approximate surface area is 197 Å². The number of aromatic nitrogens is 2. The van der Waals surface area contributed by atoms with Gasteiger partial charge >= 0.3 is 0 Å². The standard InChI is InChI=1S/C25H27N5O4/c1-17-21(24(33)29-25(26-17)30-12-14-34-15-13-30)10-11-22(31)27-19-8-5-9-20(16-19)28-23(32)18-6-3-2-4-7-18/h2-9,16H,10-15H2,1H3,(H,27,31)(H,28,32)(H,26,29,33). The van der Waals surface area contributed by atoms with Crippen molar-refractivity contribution in [3.05, 3.63) is 81.8 Å². The molecule has 0 unspecified atom stereocenters. The molecule has 2 aromatic carbocycles.